The van der Waals surface area contributed by atoms with Crippen molar-refractivity contribution >= 4 is 46.6 Å². The Bertz CT molecular complexity index is 1040. The molecule has 1 aromatic carbocycles. The van der Waals surface area contributed by atoms with Crippen molar-refractivity contribution < 1.29 is 64.8 Å². The predicted octanol–water partition coefficient (Wildman–Crippen LogP) is 1.31. The van der Waals surface area contributed by atoms with Gasteiger partial charge >= 0.3 is 16.5 Å². The van der Waals surface area contributed by atoms with Crippen LogP contribution in [0.2, 0.25) is 0 Å². The standard InChI is InChI=1S/C9H6F9N3O6S3/c10-7(11,12)28(22,23)4-1(19)5(29(24,25)8(13,14)15)3(21)6(2(4)20)30(26,27)9(16,17)18/h19-21H2. The fourth-order valence-electron chi connectivity index (χ4n) is 1.96. The monoisotopic (exact) mass is 519 g/mol. The fourth-order valence-corrected chi connectivity index (χ4v) is 5.20. The summed E-state index contributed by atoms with van der Waals surface area (Å²) in [6.07, 6.45) is 0. The highest BCUT2D eigenvalue weighted by Gasteiger charge is 2.57. The van der Waals surface area contributed by atoms with E-state index in [0.717, 1.165) is 0 Å². The predicted molar refractivity (Wildman–Crippen MR) is 79.4 cm³/mol. The maximum atomic E-state index is 12.8. The smallest absolute Gasteiger partial charge is 0.396 e. The first-order valence-corrected chi connectivity index (χ1v) is 10.7. The number of benzene rings is 1. The lowest BCUT2D eigenvalue weighted by molar-refractivity contribution is -0.0438. The number of halogens is 9. The number of nitrogen functional groups attached to an aromatic ring is 3. The Balaban J connectivity index is 4.59. The van der Waals surface area contributed by atoms with Gasteiger partial charge in [-0.15, -0.1) is 0 Å². The minimum Gasteiger partial charge on any atom is -0.396 e. The lowest BCUT2D eigenvalue weighted by Gasteiger charge is -2.22. The van der Waals surface area contributed by atoms with Crippen LogP contribution in [0.15, 0.2) is 14.7 Å². The van der Waals surface area contributed by atoms with Gasteiger partial charge in [0.15, 0.2) is 0 Å². The molecule has 0 aliphatic carbocycles. The Morgan fingerprint density at radius 3 is 0.667 bits per heavy atom. The van der Waals surface area contributed by atoms with Gasteiger partial charge in [0, 0.05) is 0 Å². The first-order chi connectivity index (χ1) is 12.8. The first kappa shape index (κ1) is 25.9. The number of sulfone groups is 3. The van der Waals surface area contributed by atoms with Crippen LogP contribution in [-0.4, -0.2) is 41.8 Å². The van der Waals surface area contributed by atoms with Crippen molar-refractivity contribution in [3.05, 3.63) is 0 Å². The molecule has 0 radical (unpaired) electrons. The summed E-state index contributed by atoms with van der Waals surface area (Å²) < 4.78 is 185. The van der Waals surface area contributed by atoms with Crippen LogP contribution in [-0.2, 0) is 29.5 Å². The molecule has 0 aromatic heterocycles. The van der Waals surface area contributed by atoms with Gasteiger partial charge in [-0.2, -0.15) is 39.5 Å². The van der Waals surface area contributed by atoms with E-state index in [2.05, 4.69) is 0 Å². The summed E-state index contributed by atoms with van der Waals surface area (Å²) in [6.45, 7) is 0. The molecular formula is C9H6F9N3O6S3. The second-order valence-electron chi connectivity index (χ2n) is 5.08. The Labute approximate surface area is 160 Å². The van der Waals surface area contributed by atoms with Crippen molar-refractivity contribution in [3.8, 4) is 0 Å². The van der Waals surface area contributed by atoms with E-state index in [9.17, 15) is 64.8 Å². The molecule has 21 heteroatoms. The Kier molecular flexibility index (Phi) is 5.75. The third-order valence-electron chi connectivity index (χ3n) is 3.19. The zero-order valence-electron chi connectivity index (χ0n) is 13.3. The lowest BCUT2D eigenvalue weighted by atomic mass is 10.2. The molecule has 0 saturated carbocycles. The molecule has 0 aliphatic rings. The van der Waals surface area contributed by atoms with Gasteiger partial charge in [0.05, 0.1) is 17.1 Å². The summed E-state index contributed by atoms with van der Waals surface area (Å²) in [5.74, 6) is 0. The molecule has 174 valence electrons. The van der Waals surface area contributed by atoms with Crippen molar-refractivity contribution in [1.29, 1.82) is 0 Å². The molecule has 0 saturated heterocycles. The maximum Gasteiger partial charge on any atom is 0.502 e. The second kappa shape index (κ2) is 6.67. The van der Waals surface area contributed by atoms with Crippen molar-refractivity contribution in [1.82, 2.24) is 0 Å². The number of hydrogen-bond donors (Lipinski definition) is 3. The molecule has 6 N–H and O–H groups in total. The number of anilines is 3. The van der Waals surface area contributed by atoms with Crippen molar-refractivity contribution in [2.45, 2.75) is 31.2 Å². The molecule has 0 fully saturated rings. The number of nitrogens with two attached hydrogens (primary N) is 3. The average molecular weight is 519 g/mol. The summed E-state index contributed by atoms with van der Waals surface area (Å²) >= 11 is 0. The van der Waals surface area contributed by atoms with Gasteiger partial charge in [0.2, 0.25) is 0 Å². The van der Waals surface area contributed by atoms with Crippen molar-refractivity contribution in [3.63, 3.8) is 0 Å². The quantitative estimate of drug-likeness (QED) is 0.392. The first-order valence-electron chi connectivity index (χ1n) is 6.29. The van der Waals surface area contributed by atoms with Gasteiger partial charge < -0.3 is 17.2 Å². The normalized spacial score (nSPS) is 14.7. The lowest BCUT2D eigenvalue weighted by Crippen LogP contribution is -2.32. The SMILES string of the molecule is Nc1c(S(=O)(=O)C(F)(F)F)c(N)c(S(=O)(=O)C(F)(F)F)c(N)c1S(=O)(=O)C(F)(F)F. The molecular weight excluding hydrogens is 513 g/mol. The molecule has 1 aromatic rings. The van der Waals surface area contributed by atoms with Crippen LogP contribution in [0, 0.1) is 0 Å². The molecule has 0 unspecified atom stereocenters. The third-order valence-corrected chi connectivity index (χ3v) is 7.95. The van der Waals surface area contributed by atoms with E-state index in [1.807, 2.05) is 0 Å². The van der Waals surface area contributed by atoms with Crippen LogP contribution in [0.4, 0.5) is 56.6 Å². The van der Waals surface area contributed by atoms with Gasteiger partial charge in [-0.3, -0.25) is 0 Å². The minimum absolute atomic E-state index is 2.49. The van der Waals surface area contributed by atoms with Crippen molar-refractivity contribution in [2.24, 2.45) is 0 Å². The zero-order valence-corrected chi connectivity index (χ0v) is 15.8. The largest absolute Gasteiger partial charge is 0.502 e. The van der Waals surface area contributed by atoms with E-state index in [-0.39, 0.29) is 0 Å². The molecule has 0 amide bonds. The number of alkyl halides is 9. The zero-order chi connectivity index (χ0) is 24.5. The second-order valence-corrected chi connectivity index (χ2v) is 10.7. The van der Waals surface area contributed by atoms with Crippen LogP contribution < -0.4 is 17.2 Å². The van der Waals surface area contributed by atoms with E-state index in [4.69, 9.17) is 17.2 Å². The topological polar surface area (TPSA) is 180 Å². The van der Waals surface area contributed by atoms with Gasteiger partial charge in [0.1, 0.15) is 14.7 Å². The molecule has 30 heavy (non-hydrogen) atoms. The molecule has 0 atom stereocenters. The Hall–Kier alpha value is -2.16. The summed E-state index contributed by atoms with van der Waals surface area (Å²) in [7, 11) is -21.2. The summed E-state index contributed by atoms with van der Waals surface area (Å²) in [5, 5.41) is 0. The average Bonchev–Trinajstić information content (AvgIpc) is 2.41. The van der Waals surface area contributed by atoms with Gasteiger partial charge in [-0.25, -0.2) is 25.3 Å². The summed E-state index contributed by atoms with van der Waals surface area (Å²) in [5.41, 5.74) is -12.7. The summed E-state index contributed by atoms with van der Waals surface area (Å²) in [6, 6.07) is 0. The van der Waals surface area contributed by atoms with Crippen molar-refractivity contribution in [2.75, 3.05) is 17.2 Å². The Morgan fingerprint density at radius 2 is 0.567 bits per heavy atom. The Morgan fingerprint density at radius 1 is 0.433 bits per heavy atom. The third kappa shape index (κ3) is 3.57. The highest BCUT2D eigenvalue weighted by atomic mass is 32.2. The molecule has 1 rings (SSSR count). The van der Waals surface area contributed by atoms with Crippen LogP contribution in [0.5, 0.6) is 0 Å². The minimum atomic E-state index is -7.08. The number of hydrogen-bond acceptors (Lipinski definition) is 9. The van der Waals surface area contributed by atoms with E-state index in [0.29, 0.717) is 0 Å². The molecule has 0 heterocycles. The summed E-state index contributed by atoms with van der Waals surface area (Å²) in [4.78, 5) is -8.60. The van der Waals surface area contributed by atoms with Gasteiger partial charge in [-0.1, -0.05) is 0 Å². The number of rotatable bonds is 3. The molecule has 0 bridgehead atoms. The van der Waals surface area contributed by atoms with E-state index in [1.54, 1.807) is 0 Å². The molecule has 0 spiro atoms. The molecule has 0 aliphatic heterocycles. The van der Waals surface area contributed by atoms with E-state index >= 15 is 0 Å². The van der Waals surface area contributed by atoms with E-state index in [1.165, 1.54) is 0 Å². The van der Waals surface area contributed by atoms with Gasteiger partial charge in [-0.05, 0) is 0 Å². The highest BCUT2D eigenvalue weighted by molar-refractivity contribution is 7.94. The van der Waals surface area contributed by atoms with Gasteiger partial charge in [0.25, 0.3) is 29.5 Å². The highest BCUT2D eigenvalue weighted by Crippen LogP contribution is 2.50. The van der Waals surface area contributed by atoms with E-state index < -0.39 is 77.8 Å². The van der Waals surface area contributed by atoms with Crippen LogP contribution in [0.1, 0.15) is 0 Å². The fraction of sp³-hybridized carbons (Fsp3) is 0.333. The van der Waals surface area contributed by atoms with Crippen LogP contribution in [0.25, 0.3) is 0 Å². The van der Waals surface area contributed by atoms with Crippen LogP contribution >= 0.6 is 0 Å². The maximum absolute atomic E-state index is 12.8. The van der Waals surface area contributed by atoms with Crippen LogP contribution in [0.3, 0.4) is 0 Å². The molecule has 9 nitrogen and oxygen atoms in total.